The third-order valence-electron chi connectivity index (χ3n) is 5.86. The van der Waals surface area contributed by atoms with Gasteiger partial charge in [0.05, 0.1) is 0 Å². The van der Waals surface area contributed by atoms with Crippen LogP contribution >= 0.6 is 0 Å². The van der Waals surface area contributed by atoms with Crippen LogP contribution < -0.4 is 22.9 Å². The first-order valence-corrected chi connectivity index (χ1v) is 11.9. The highest BCUT2D eigenvalue weighted by molar-refractivity contribution is 4.72. The van der Waals surface area contributed by atoms with Crippen LogP contribution in [0, 0.1) is 0 Å². The molecule has 1 aliphatic heterocycles. The lowest BCUT2D eigenvalue weighted by Crippen LogP contribution is -2.42. The Bertz CT molecular complexity index is 326. The Kier molecular flexibility index (Phi) is 17.0. The van der Waals surface area contributed by atoms with Gasteiger partial charge in [0.2, 0.25) is 0 Å². The molecule has 1 heterocycles. The normalized spacial score (nSPS) is 20.3. The summed E-state index contributed by atoms with van der Waals surface area (Å²) in [5, 5.41) is 0. The van der Waals surface area contributed by atoms with Gasteiger partial charge in [0.15, 0.2) is 0 Å². The molecule has 0 radical (unpaired) electrons. The van der Waals surface area contributed by atoms with E-state index in [1.54, 1.807) is 0 Å². The van der Waals surface area contributed by atoms with Crippen LogP contribution in [0.15, 0.2) is 0 Å². The van der Waals surface area contributed by atoms with E-state index in [1.165, 1.54) is 6.42 Å². The second-order valence-corrected chi connectivity index (χ2v) is 8.29. The van der Waals surface area contributed by atoms with E-state index in [0.29, 0.717) is 0 Å². The zero-order valence-electron chi connectivity index (χ0n) is 18.9. The van der Waals surface area contributed by atoms with E-state index in [9.17, 15) is 0 Å². The third kappa shape index (κ3) is 13.6. The molecule has 0 aromatic carbocycles. The Labute approximate surface area is 179 Å². The molecule has 0 spiro atoms. The van der Waals surface area contributed by atoms with E-state index in [2.05, 4.69) is 19.6 Å². The molecular weight excluding hydrogens is 364 g/mol. The van der Waals surface area contributed by atoms with Gasteiger partial charge in [-0.2, -0.15) is 0 Å². The smallest absolute Gasteiger partial charge is 0.0110 e. The summed E-state index contributed by atoms with van der Waals surface area (Å²) in [6, 6.07) is 0. The van der Waals surface area contributed by atoms with E-state index in [-0.39, 0.29) is 0 Å². The Morgan fingerprint density at radius 3 is 0.862 bits per heavy atom. The summed E-state index contributed by atoms with van der Waals surface area (Å²) < 4.78 is 0. The summed E-state index contributed by atoms with van der Waals surface area (Å²) in [5.41, 5.74) is 23.1. The summed E-state index contributed by atoms with van der Waals surface area (Å²) in [7, 11) is 0. The average Bonchev–Trinajstić information content (AvgIpc) is 2.75. The molecule has 0 atom stereocenters. The molecule has 0 unspecified atom stereocenters. The molecule has 0 bridgehead atoms. The molecule has 1 fully saturated rings. The first-order valence-electron chi connectivity index (χ1n) is 11.9. The Morgan fingerprint density at radius 1 is 0.379 bits per heavy atom. The van der Waals surface area contributed by atoms with Gasteiger partial charge in [-0.3, -0.25) is 0 Å². The molecule has 8 nitrogen and oxygen atoms in total. The van der Waals surface area contributed by atoms with Crippen molar-refractivity contribution < 1.29 is 0 Å². The van der Waals surface area contributed by atoms with Crippen LogP contribution in [-0.4, -0.2) is 124 Å². The van der Waals surface area contributed by atoms with Crippen LogP contribution in [0.25, 0.3) is 0 Å². The number of hydrogen-bond acceptors (Lipinski definition) is 8. The summed E-state index contributed by atoms with van der Waals surface area (Å²) in [5.74, 6) is 0. The SMILES string of the molecule is NCCCN1CCCN(CCCN)CCN(CCCN)CCN(CCCN)CC1. The van der Waals surface area contributed by atoms with Crippen molar-refractivity contribution >= 4 is 0 Å². The number of hydrogen-bond donors (Lipinski definition) is 4. The molecular formula is C21H50N8. The van der Waals surface area contributed by atoms with Gasteiger partial charge in [0.1, 0.15) is 0 Å². The maximum Gasteiger partial charge on any atom is 0.0110 e. The van der Waals surface area contributed by atoms with Crippen molar-refractivity contribution in [3.05, 3.63) is 0 Å². The summed E-state index contributed by atoms with van der Waals surface area (Å²) in [4.78, 5) is 10.4. The average molecular weight is 415 g/mol. The van der Waals surface area contributed by atoms with E-state index < -0.39 is 0 Å². The maximum atomic E-state index is 5.79. The first kappa shape index (κ1) is 26.7. The maximum absolute atomic E-state index is 5.79. The van der Waals surface area contributed by atoms with Gasteiger partial charge < -0.3 is 42.5 Å². The predicted molar refractivity (Wildman–Crippen MR) is 125 cm³/mol. The summed E-state index contributed by atoms with van der Waals surface area (Å²) >= 11 is 0. The largest absolute Gasteiger partial charge is 0.330 e. The van der Waals surface area contributed by atoms with Crippen LogP contribution in [0.5, 0.6) is 0 Å². The van der Waals surface area contributed by atoms with Gasteiger partial charge in [-0.25, -0.2) is 0 Å². The van der Waals surface area contributed by atoms with Crippen molar-refractivity contribution in [2.24, 2.45) is 22.9 Å². The van der Waals surface area contributed by atoms with Gasteiger partial charge in [-0.1, -0.05) is 0 Å². The lowest BCUT2D eigenvalue weighted by molar-refractivity contribution is 0.171. The fourth-order valence-electron chi connectivity index (χ4n) is 3.97. The van der Waals surface area contributed by atoms with Crippen LogP contribution in [-0.2, 0) is 0 Å². The van der Waals surface area contributed by atoms with E-state index in [1.807, 2.05) is 0 Å². The molecule has 0 aliphatic carbocycles. The van der Waals surface area contributed by atoms with Crippen molar-refractivity contribution in [3.8, 4) is 0 Å². The topological polar surface area (TPSA) is 117 Å². The molecule has 0 aromatic heterocycles. The monoisotopic (exact) mass is 414 g/mol. The quantitative estimate of drug-likeness (QED) is 0.321. The van der Waals surface area contributed by atoms with Crippen LogP contribution in [0.1, 0.15) is 32.1 Å². The van der Waals surface area contributed by atoms with Gasteiger partial charge in [-0.15, -0.1) is 0 Å². The zero-order chi connectivity index (χ0) is 21.2. The lowest BCUT2D eigenvalue weighted by Gasteiger charge is -2.30. The molecule has 1 aliphatic rings. The summed E-state index contributed by atoms with van der Waals surface area (Å²) in [6.45, 7) is 16.5. The van der Waals surface area contributed by atoms with E-state index >= 15 is 0 Å². The first-order chi connectivity index (χ1) is 14.2. The Balaban J connectivity index is 2.75. The summed E-state index contributed by atoms with van der Waals surface area (Å²) in [6.07, 6.45) is 5.50. The molecule has 174 valence electrons. The molecule has 1 rings (SSSR count). The van der Waals surface area contributed by atoms with Crippen molar-refractivity contribution in [2.45, 2.75) is 32.1 Å². The molecule has 8 N–H and O–H groups in total. The minimum absolute atomic E-state index is 0.764. The van der Waals surface area contributed by atoms with Crippen LogP contribution in [0.2, 0.25) is 0 Å². The van der Waals surface area contributed by atoms with Crippen LogP contribution in [0.3, 0.4) is 0 Å². The molecule has 0 aromatic rings. The standard InChI is InChI=1S/C21H50N8/c22-6-1-10-26-14-5-15-27(11-2-7-23)17-19-29(13-4-9-25)21-20-28(18-16-26)12-3-8-24/h1-25H2. The van der Waals surface area contributed by atoms with E-state index in [4.69, 9.17) is 22.9 Å². The minimum atomic E-state index is 0.764. The molecule has 0 amide bonds. The van der Waals surface area contributed by atoms with E-state index in [0.717, 1.165) is 130 Å². The second kappa shape index (κ2) is 18.4. The fraction of sp³-hybridized carbons (Fsp3) is 1.00. The van der Waals surface area contributed by atoms with Gasteiger partial charge in [-0.05, 0) is 97.6 Å². The zero-order valence-corrected chi connectivity index (χ0v) is 18.9. The highest BCUT2D eigenvalue weighted by Gasteiger charge is 2.15. The number of rotatable bonds is 12. The highest BCUT2D eigenvalue weighted by atomic mass is 15.2. The Hall–Kier alpha value is -0.320. The van der Waals surface area contributed by atoms with Gasteiger partial charge >= 0.3 is 0 Å². The molecule has 8 heteroatoms. The van der Waals surface area contributed by atoms with Gasteiger partial charge in [0.25, 0.3) is 0 Å². The van der Waals surface area contributed by atoms with Gasteiger partial charge in [0, 0.05) is 39.3 Å². The van der Waals surface area contributed by atoms with Crippen molar-refractivity contribution in [3.63, 3.8) is 0 Å². The van der Waals surface area contributed by atoms with Crippen molar-refractivity contribution in [2.75, 3.05) is 105 Å². The van der Waals surface area contributed by atoms with Crippen LogP contribution in [0.4, 0.5) is 0 Å². The molecule has 29 heavy (non-hydrogen) atoms. The minimum Gasteiger partial charge on any atom is -0.330 e. The number of nitrogens with zero attached hydrogens (tertiary/aromatic N) is 4. The van der Waals surface area contributed by atoms with Crippen molar-refractivity contribution in [1.82, 2.24) is 19.6 Å². The second-order valence-electron chi connectivity index (χ2n) is 8.29. The third-order valence-corrected chi connectivity index (χ3v) is 5.86. The Morgan fingerprint density at radius 2 is 0.621 bits per heavy atom. The molecule has 1 saturated heterocycles. The predicted octanol–water partition coefficient (Wildman–Crippen LogP) is -1.01. The number of nitrogens with two attached hydrogens (primary N) is 4. The molecule has 0 saturated carbocycles. The van der Waals surface area contributed by atoms with Crippen molar-refractivity contribution in [1.29, 1.82) is 0 Å². The fourth-order valence-corrected chi connectivity index (χ4v) is 3.97. The lowest BCUT2D eigenvalue weighted by atomic mass is 10.2. The highest BCUT2D eigenvalue weighted by Crippen LogP contribution is 2.04.